The van der Waals surface area contributed by atoms with Crippen LogP contribution < -0.4 is 0 Å². The van der Waals surface area contributed by atoms with Crippen LogP contribution in [0.3, 0.4) is 0 Å². The number of benzene rings is 1. The van der Waals surface area contributed by atoms with E-state index in [1.54, 1.807) is 18.2 Å². The Bertz CT molecular complexity index is 458. The first-order chi connectivity index (χ1) is 8.47. The zero-order valence-electron chi connectivity index (χ0n) is 10.3. The monoisotopic (exact) mass is 347 g/mol. The van der Waals surface area contributed by atoms with Gasteiger partial charge in [0.1, 0.15) is 0 Å². The van der Waals surface area contributed by atoms with Gasteiger partial charge in [0.15, 0.2) is 0 Å². The van der Waals surface area contributed by atoms with E-state index in [-0.39, 0.29) is 5.91 Å². The second-order valence-electron chi connectivity index (χ2n) is 4.60. The summed E-state index contributed by atoms with van der Waals surface area (Å²) in [5.74, 6) is 0.0892. The Hall–Kier alpha value is -0.190. The van der Waals surface area contributed by atoms with Gasteiger partial charge in [-0.3, -0.25) is 4.79 Å². The van der Waals surface area contributed by atoms with Crippen LogP contribution in [0.2, 0.25) is 5.02 Å². The molecule has 18 heavy (non-hydrogen) atoms. The second-order valence-corrected chi connectivity index (χ2v) is 7.74. The number of amides is 1. The largest absolute Gasteiger partial charge is 0.336 e. The molecule has 1 amide bonds. The maximum atomic E-state index is 12.4. The minimum Gasteiger partial charge on any atom is -0.336 e. The van der Waals surface area contributed by atoms with Gasteiger partial charge in [-0.05, 0) is 34.1 Å². The number of thioether (sulfide) groups is 1. The summed E-state index contributed by atoms with van der Waals surface area (Å²) in [6, 6.07) is 5.33. The summed E-state index contributed by atoms with van der Waals surface area (Å²) in [6.45, 7) is 5.96. The molecule has 0 aliphatic carbocycles. The van der Waals surface area contributed by atoms with Crippen LogP contribution >= 0.6 is 39.3 Å². The van der Waals surface area contributed by atoms with Crippen molar-refractivity contribution in [2.24, 2.45) is 0 Å². The molecule has 0 aromatic heterocycles. The summed E-state index contributed by atoms with van der Waals surface area (Å²) < 4.78 is 0.766. The van der Waals surface area contributed by atoms with Crippen molar-refractivity contribution in [3.8, 4) is 0 Å². The molecule has 1 aromatic carbocycles. The summed E-state index contributed by atoms with van der Waals surface area (Å²) >= 11 is 11.2. The molecule has 0 radical (unpaired) electrons. The Morgan fingerprint density at radius 3 is 2.56 bits per heavy atom. The quantitative estimate of drug-likeness (QED) is 0.762. The Morgan fingerprint density at radius 1 is 1.39 bits per heavy atom. The van der Waals surface area contributed by atoms with Gasteiger partial charge in [-0.2, -0.15) is 11.8 Å². The average molecular weight is 349 g/mol. The van der Waals surface area contributed by atoms with E-state index in [4.69, 9.17) is 11.6 Å². The van der Waals surface area contributed by atoms with Gasteiger partial charge in [0.25, 0.3) is 5.91 Å². The van der Waals surface area contributed by atoms with E-state index in [2.05, 4.69) is 29.8 Å². The zero-order valence-corrected chi connectivity index (χ0v) is 13.5. The lowest BCUT2D eigenvalue weighted by Crippen LogP contribution is -2.44. The SMILES string of the molecule is CC1CN(C(=O)c2ccc(Cl)c(Br)c2)CC(C)S1. The summed E-state index contributed by atoms with van der Waals surface area (Å²) in [7, 11) is 0. The highest BCUT2D eigenvalue weighted by Crippen LogP contribution is 2.27. The van der Waals surface area contributed by atoms with E-state index >= 15 is 0 Å². The fraction of sp³-hybridized carbons (Fsp3) is 0.462. The molecule has 5 heteroatoms. The van der Waals surface area contributed by atoms with E-state index in [9.17, 15) is 4.79 Å². The van der Waals surface area contributed by atoms with Crippen molar-refractivity contribution in [3.05, 3.63) is 33.3 Å². The fourth-order valence-corrected chi connectivity index (χ4v) is 3.98. The Balaban J connectivity index is 2.17. The number of rotatable bonds is 1. The van der Waals surface area contributed by atoms with Crippen molar-refractivity contribution in [2.45, 2.75) is 24.3 Å². The predicted octanol–water partition coefficient (Wildman–Crippen LogP) is 4.07. The van der Waals surface area contributed by atoms with Crippen LogP contribution in [-0.4, -0.2) is 34.4 Å². The number of carbonyl (C=O) groups excluding carboxylic acids is 1. The Kier molecular flexibility index (Phi) is 4.62. The van der Waals surface area contributed by atoms with Crippen LogP contribution in [0.4, 0.5) is 0 Å². The molecule has 1 aliphatic rings. The van der Waals surface area contributed by atoms with Gasteiger partial charge in [0.05, 0.1) is 5.02 Å². The van der Waals surface area contributed by atoms with Gasteiger partial charge in [0.2, 0.25) is 0 Å². The summed E-state index contributed by atoms with van der Waals surface area (Å²) in [5.41, 5.74) is 0.692. The molecule has 1 aromatic rings. The zero-order chi connectivity index (χ0) is 13.3. The molecule has 2 unspecified atom stereocenters. The van der Waals surface area contributed by atoms with E-state index in [0.717, 1.165) is 17.6 Å². The molecule has 2 nitrogen and oxygen atoms in total. The predicted molar refractivity (Wildman–Crippen MR) is 81.6 cm³/mol. The lowest BCUT2D eigenvalue weighted by molar-refractivity contribution is 0.0753. The van der Waals surface area contributed by atoms with E-state index < -0.39 is 0 Å². The first-order valence-corrected chi connectivity index (χ1v) is 7.98. The van der Waals surface area contributed by atoms with Crippen molar-refractivity contribution in [3.63, 3.8) is 0 Å². The number of hydrogen-bond acceptors (Lipinski definition) is 2. The van der Waals surface area contributed by atoms with Crippen LogP contribution in [0.1, 0.15) is 24.2 Å². The number of hydrogen-bond donors (Lipinski definition) is 0. The minimum absolute atomic E-state index is 0.0892. The highest BCUT2D eigenvalue weighted by Gasteiger charge is 2.26. The third kappa shape index (κ3) is 3.22. The topological polar surface area (TPSA) is 20.3 Å². The molecule has 0 saturated carbocycles. The third-order valence-electron chi connectivity index (χ3n) is 2.87. The Labute approximate surface area is 125 Å². The molecule has 2 rings (SSSR count). The smallest absolute Gasteiger partial charge is 0.253 e. The summed E-state index contributed by atoms with van der Waals surface area (Å²) in [4.78, 5) is 14.3. The van der Waals surface area contributed by atoms with Crippen LogP contribution in [0.25, 0.3) is 0 Å². The van der Waals surface area contributed by atoms with Crippen LogP contribution in [0.5, 0.6) is 0 Å². The molecule has 0 N–H and O–H groups in total. The lowest BCUT2D eigenvalue weighted by Gasteiger charge is -2.34. The van der Waals surface area contributed by atoms with E-state index in [1.165, 1.54) is 0 Å². The van der Waals surface area contributed by atoms with Crippen molar-refractivity contribution in [1.29, 1.82) is 0 Å². The van der Waals surface area contributed by atoms with Gasteiger partial charge in [-0.25, -0.2) is 0 Å². The molecule has 0 bridgehead atoms. The van der Waals surface area contributed by atoms with Crippen LogP contribution in [0, 0.1) is 0 Å². The molecule has 2 atom stereocenters. The van der Waals surface area contributed by atoms with Gasteiger partial charge in [-0.1, -0.05) is 25.4 Å². The number of nitrogens with zero attached hydrogens (tertiary/aromatic N) is 1. The van der Waals surface area contributed by atoms with Crippen molar-refractivity contribution >= 4 is 45.2 Å². The molecule has 1 saturated heterocycles. The highest BCUT2D eigenvalue weighted by atomic mass is 79.9. The van der Waals surface area contributed by atoms with Crippen LogP contribution in [-0.2, 0) is 0 Å². The van der Waals surface area contributed by atoms with Gasteiger partial charge in [0, 0.05) is 33.6 Å². The first kappa shape index (κ1) is 14.2. The van der Waals surface area contributed by atoms with Gasteiger partial charge in [-0.15, -0.1) is 0 Å². The maximum Gasteiger partial charge on any atom is 0.253 e. The second kappa shape index (κ2) is 5.85. The average Bonchev–Trinajstić information content (AvgIpc) is 2.30. The van der Waals surface area contributed by atoms with Crippen molar-refractivity contribution in [2.75, 3.05) is 13.1 Å². The molecule has 1 fully saturated rings. The highest BCUT2D eigenvalue weighted by molar-refractivity contribution is 9.10. The minimum atomic E-state index is 0.0892. The lowest BCUT2D eigenvalue weighted by atomic mass is 10.2. The molecule has 1 heterocycles. The van der Waals surface area contributed by atoms with Crippen LogP contribution in [0.15, 0.2) is 22.7 Å². The van der Waals surface area contributed by atoms with E-state index in [1.807, 2.05) is 16.7 Å². The maximum absolute atomic E-state index is 12.4. The third-order valence-corrected chi connectivity index (χ3v) is 5.31. The standard InChI is InChI=1S/C13H15BrClNOS/c1-8-6-16(7-9(2)18-8)13(17)10-3-4-12(15)11(14)5-10/h3-5,8-9H,6-7H2,1-2H3. The molecular weight excluding hydrogens is 334 g/mol. The fourth-order valence-electron chi connectivity index (χ4n) is 2.16. The molecule has 1 aliphatic heterocycles. The molecule has 98 valence electrons. The van der Waals surface area contributed by atoms with Crippen molar-refractivity contribution in [1.82, 2.24) is 4.90 Å². The molecule has 0 spiro atoms. The Morgan fingerprint density at radius 2 is 2.00 bits per heavy atom. The van der Waals surface area contributed by atoms with Gasteiger partial charge < -0.3 is 4.90 Å². The summed E-state index contributed by atoms with van der Waals surface area (Å²) in [5, 5.41) is 1.62. The number of halogens is 2. The van der Waals surface area contributed by atoms with Gasteiger partial charge >= 0.3 is 0 Å². The molecular formula is C13H15BrClNOS. The number of carbonyl (C=O) groups is 1. The normalized spacial score (nSPS) is 24.1. The first-order valence-electron chi connectivity index (χ1n) is 5.87. The summed E-state index contributed by atoms with van der Waals surface area (Å²) in [6.07, 6.45) is 0. The van der Waals surface area contributed by atoms with Crippen molar-refractivity contribution < 1.29 is 4.79 Å². The van der Waals surface area contributed by atoms with E-state index in [0.29, 0.717) is 21.1 Å².